The van der Waals surface area contributed by atoms with Crippen LogP contribution in [-0.4, -0.2) is 25.1 Å². The number of hydrogen-bond donors (Lipinski definition) is 1. The number of halogens is 2. The summed E-state index contributed by atoms with van der Waals surface area (Å²) in [5, 5.41) is 18.8. The quantitative estimate of drug-likeness (QED) is 0.376. The molecule has 6 bridgehead atoms. The molecule has 0 saturated heterocycles. The fourth-order valence-electron chi connectivity index (χ4n) is 7.49. The Kier molecular flexibility index (Phi) is 2.55. The van der Waals surface area contributed by atoms with E-state index >= 15 is 0 Å². The maximum absolute atomic E-state index is 10.5. The van der Waals surface area contributed by atoms with Gasteiger partial charge in [0, 0.05) is 7.85 Å². The van der Waals surface area contributed by atoms with Crippen LogP contribution >= 0.6 is 45.2 Å². The maximum atomic E-state index is 10.5. The average Bonchev–Trinajstić information content (AvgIpc) is 3.05. The lowest BCUT2D eigenvalue weighted by atomic mass is 9.62. The summed E-state index contributed by atoms with van der Waals surface area (Å²) in [5.74, 6) is 6.62. The van der Waals surface area contributed by atoms with Crippen LogP contribution in [0.4, 0.5) is 0 Å². The number of alkyl halides is 2. The third kappa shape index (κ3) is 1.17. The minimum Gasteiger partial charge on any atom is -0.738 e. The van der Waals surface area contributed by atoms with E-state index in [0.717, 1.165) is 55.7 Å². The second kappa shape index (κ2) is 3.79. The van der Waals surface area contributed by atoms with Crippen molar-refractivity contribution < 1.29 is 10.0 Å². The largest absolute Gasteiger partial charge is 0.738 e. The Hall–Kier alpha value is 1.30. The van der Waals surface area contributed by atoms with Gasteiger partial charge in [0.1, 0.15) is 0 Å². The molecule has 6 rings (SSSR count). The van der Waals surface area contributed by atoms with Gasteiger partial charge in [-0.2, -0.15) is 0 Å². The lowest BCUT2D eigenvalue weighted by Gasteiger charge is -2.43. The van der Waals surface area contributed by atoms with Crippen molar-refractivity contribution >= 4 is 45.2 Å². The molecule has 0 radical (unpaired) electrons. The summed E-state index contributed by atoms with van der Waals surface area (Å²) in [6.07, 6.45) is 2.44. The summed E-state index contributed by atoms with van der Waals surface area (Å²) >= 11 is 5.43. The Balaban J connectivity index is 1.51. The molecule has 0 spiro atoms. The van der Waals surface area contributed by atoms with Crippen molar-refractivity contribution in [2.75, 3.05) is 6.61 Å². The zero-order valence-electron chi connectivity index (χ0n) is 10.3. The van der Waals surface area contributed by atoms with E-state index in [0.29, 0.717) is 12.0 Å². The number of nitrogens with zero attached hydrogens (tertiary/aromatic N) is 1. The topological polar surface area (TPSA) is 55.8 Å². The van der Waals surface area contributed by atoms with Crippen molar-refractivity contribution in [1.82, 2.24) is 5.39 Å². The Bertz CT molecular complexity index is 446. The second-order valence-corrected chi connectivity index (χ2v) is 9.91. The van der Waals surface area contributed by atoms with Crippen LogP contribution in [0.15, 0.2) is 0 Å². The maximum Gasteiger partial charge on any atom is 0.0706 e. The molecule has 6 saturated carbocycles. The lowest BCUT2D eigenvalue weighted by Crippen LogP contribution is -2.41. The fourth-order valence-corrected chi connectivity index (χ4v) is 11.8. The first-order chi connectivity index (χ1) is 9.09. The molecule has 0 aliphatic heterocycles. The van der Waals surface area contributed by atoms with E-state index in [1.165, 1.54) is 6.42 Å². The van der Waals surface area contributed by atoms with Gasteiger partial charge in [0.05, 0.1) is 6.61 Å². The molecule has 0 unspecified atom stereocenters. The SMILES string of the molecule is [O-]N(O)OCC[C@@]12[C@@H]3[C@@H]4C[C@@H]5[C@H]3[C@H](I)[C@H]1[C@@H]5[C@H]4[C@H]2I. The molecule has 0 aromatic heterocycles. The highest BCUT2D eigenvalue weighted by atomic mass is 127. The molecular formula is C13H16I2NO3-. The third-order valence-electron chi connectivity index (χ3n) is 7.30. The van der Waals surface area contributed by atoms with Crippen LogP contribution in [0, 0.1) is 52.0 Å². The van der Waals surface area contributed by atoms with Crippen molar-refractivity contribution in [3.8, 4) is 0 Å². The molecule has 6 aliphatic rings. The highest BCUT2D eigenvalue weighted by Crippen LogP contribution is 2.89. The zero-order valence-corrected chi connectivity index (χ0v) is 14.6. The summed E-state index contributed by atoms with van der Waals surface area (Å²) in [5.41, 5.74) is 0.417. The third-order valence-corrected chi connectivity index (χ3v) is 10.9. The highest BCUT2D eigenvalue weighted by molar-refractivity contribution is 14.1. The molecule has 6 fully saturated rings. The van der Waals surface area contributed by atoms with Gasteiger partial charge in [-0.1, -0.05) is 45.2 Å². The number of rotatable bonds is 4. The van der Waals surface area contributed by atoms with Crippen LogP contribution in [0.2, 0.25) is 0 Å². The molecule has 1 N–H and O–H groups in total. The van der Waals surface area contributed by atoms with Crippen LogP contribution in [0.5, 0.6) is 0 Å². The summed E-state index contributed by atoms with van der Waals surface area (Å²) in [4.78, 5) is 4.78. The van der Waals surface area contributed by atoms with Gasteiger partial charge in [0.15, 0.2) is 0 Å². The van der Waals surface area contributed by atoms with E-state index in [-0.39, 0.29) is 5.39 Å². The van der Waals surface area contributed by atoms with Crippen molar-refractivity contribution in [2.45, 2.75) is 20.7 Å². The van der Waals surface area contributed by atoms with Crippen LogP contribution in [0.3, 0.4) is 0 Å². The zero-order chi connectivity index (χ0) is 13.1. The highest BCUT2D eigenvalue weighted by Gasteiger charge is 2.87. The van der Waals surface area contributed by atoms with Crippen LogP contribution in [0.1, 0.15) is 12.8 Å². The van der Waals surface area contributed by atoms with Gasteiger partial charge in [-0.05, 0) is 59.7 Å². The molecular weight excluding hydrogens is 472 g/mol. The first kappa shape index (κ1) is 12.8. The van der Waals surface area contributed by atoms with Gasteiger partial charge in [-0.3, -0.25) is 4.84 Å². The molecule has 4 nitrogen and oxygen atoms in total. The van der Waals surface area contributed by atoms with Gasteiger partial charge in [-0.25, -0.2) is 0 Å². The molecule has 10 atom stereocenters. The monoisotopic (exact) mass is 488 g/mol. The van der Waals surface area contributed by atoms with Gasteiger partial charge in [0.2, 0.25) is 0 Å². The van der Waals surface area contributed by atoms with Crippen LogP contribution < -0.4 is 0 Å². The first-order valence-corrected chi connectivity index (χ1v) is 9.65. The molecule has 0 aromatic carbocycles. The summed E-state index contributed by atoms with van der Waals surface area (Å²) in [6, 6.07) is 0. The first-order valence-electron chi connectivity index (χ1n) is 7.16. The van der Waals surface area contributed by atoms with E-state index in [2.05, 4.69) is 45.2 Å². The molecule has 6 aliphatic carbocycles. The molecule has 106 valence electrons. The predicted octanol–water partition coefficient (Wildman–Crippen LogP) is 2.86. The summed E-state index contributed by atoms with van der Waals surface area (Å²) in [7, 11) is 0. The normalized spacial score (nSPS) is 66.5. The molecule has 19 heavy (non-hydrogen) atoms. The van der Waals surface area contributed by atoms with Gasteiger partial charge in [0.25, 0.3) is 0 Å². The molecule has 6 heteroatoms. The van der Waals surface area contributed by atoms with E-state index in [1.54, 1.807) is 0 Å². The van der Waals surface area contributed by atoms with Crippen molar-refractivity contribution in [1.29, 1.82) is 0 Å². The summed E-state index contributed by atoms with van der Waals surface area (Å²) in [6.45, 7) is 0.374. The van der Waals surface area contributed by atoms with Crippen molar-refractivity contribution in [2.24, 2.45) is 46.8 Å². The predicted molar refractivity (Wildman–Crippen MR) is 84.7 cm³/mol. The average molecular weight is 488 g/mol. The lowest BCUT2D eigenvalue weighted by molar-refractivity contribution is -0.308. The van der Waals surface area contributed by atoms with Crippen LogP contribution in [0.25, 0.3) is 0 Å². The van der Waals surface area contributed by atoms with E-state index in [9.17, 15) is 5.21 Å². The second-order valence-electron chi connectivity index (χ2n) is 7.13. The van der Waals surface area contributed by atoms with Gasteiger partial charge in [-0.15, -0.1) is 5.39 Å². The van der Waals surface area contributed by atoms with E-state index in [4.69, 9.17) is 10.0 Å². The van der Waals surface area contributed by atoms with Crippen molar-refractivity contribution in [3.63, 3.8) is 0 Å². The molecule has 0 amide bonds. The number of hydrogen-bond acceptors (Lipinski definition) is 4. The minimum absolute atomic E-state index is 0.371. The smallest absolute Gasteiger partial charge is 0.0706 e. The Morgan fingerprint density at radius 1 is 1.21 bits per heavy atom. The van der Waals surface area contributed by atoms with E-state index < -0.39 is 0 Å². The Labute approximate surface area is 139 Å². The van der Waals surface area contributed by atoms with Crippen molar-refractivity contribution in [3.05, 3.63) is 5.21 Å². The Morgan fingerprint density at radius 3 is 2.74 bits per heavy atom. The molecule has 0 aromatic rings. The van der Waals surface area contributed by atoms with Gasteiger partial charge >= 0.3 is 0 Å². The standard InChI is InChI=1S/C13H16I2NO3/c14-11-8-4-3-5-7-6(4)10(11)13(9(5)8,12(7)15)1-2-19-16(17)18/h4-12,17H,1-3H2/q-1/t4-,5+,6-,7-,8+,9+,10+,11-,12+,13+/m0/s1. The Morgan fingerprint density at radius 2 is 2.00 bits per heavy atom. The van der Waals surface area contributed by atoms with Gasteiger partial charge < -0.3 is 10.4 Å². The fraction of sp³-hybridized carbons (Fsp3) is 1.00. The minimum atomic E-state index is -0.371. The summed E-state index contributed by atoms with van der Waals surface area (Å²) < 4.78 is 1.62. The van der Waals surface area contributed by atoms with Crippen LogP contribution in [-0.2, 0) is 4.84 Å². The van der Waals surface area contributed by atoms with E-state index in [1.807, 2.05) is 0 Å². The molecule has 0 heterocycles.